The van der Waals surface area contributed by atoms with E-state index in [9.17, 15) is 9.59 Å². The predicted molar refractivity (Wildman–Crippen MR) is 401 cm³/mol. The number of esters is 1. The van der Waals surface area contributed by atoms with E-state index in [0.29, 0.717) is 36.7 Å². The van der Waals surface area contributed by atoms with E-state index in [4.69, 9.17) is 25.7 Å². The van der Waals surface area contributed by atoms with Crippen LogP contribution >= 0.6 is 0 Å². The number of benzene rings is 10. The number of methoxy groups -OCH3 is 1. The minimum absolute atomic E-state index is 0.133. The van der Waals surface area contributed by atoms with Gasteiger partial charge in [0.2, 0.25) is 0 Å². The fourth-order valence-electron chi connectivity index (χ4n) is 13.9. The van der Waals surface area contributed by atoms with Crippen LogP contribution in [-0.4, -0.2) is 73.0 Å². The molecule has 100 heavy (non-hydrogen) atoms. The van der Waals surface area contributed by atoms with E-state index in [1.165, 1.54) is 18.2 Å². The van der Waals surface area contributed by atoms with E-state index >= 15 is 0 Å². The Bertz CT molecular complexity index is 5000. The monoisotopic (exact) mass is 1310 g/mol. The van der Waals surface area contributed by atoms with E-state index in [-0.39, 0.29) is 11.8 Å². The highest BCUT2D eigenvalue weighted by atomic mass is 16.5. The molecule has 0 saturated carbocycles. The number of ether oxygens (including phenoxy) is 1. The van der Waals surface area contributed by atoms with Crippen molar-refractivity contribution < 1.29 is 14.3 Å². The Morgan fingerprint density at radius 2 is 0.760 bits per heavy atom. The number of hydrogen-bond donors (Lipinski definition) is 2. The van der Waals surface area contributed by atoms with Crippen LogP contribution in [0, 0.1) is 0 Å². The van der Waals surface area contributed by atoms with Crippen LogP contribution in [0.4, 0.5) is 11.4 Å². The summed E-state index contributed by atoms with van der Waals surface area (Å²) in [5.41, 5.74) is 22.8. The number of fused-ring (bicyclic) bond motifs is 4. The molecule has 0 saturated heterocycles. The first kappa shape index (κ1) is 65.0. The number of carbonyl (C=O) groups excluding carboxylic acids is 2. The first-order valence-corrected chi connectivity index (χ1v) is 33.7. The first-order chi connectivity index (χ1) is 49.2. The maximum Gasteiger partial charge on any atom is 0.352 e. The van der Waals surface area contributed by atoms with Crippen molar-refractivity contribution in [2.24, 2.45) is 15.7 Å². The number of nitrogens with one attached hydrogen (secondary N) is 1. The second-order valence-electron chi connectivity index (χ2n) is 25.1. The predicted octanol–water partition coefficient (Wildman–Crippen LogP) is 17.0. The van der Waals surface area contributed by atoms with Crippen molar-refractivity contribution in [2.45, 2.75) is 49.6 Å². The lowest BCUT2D eigenvalue weighted by atomic mass is 9.77. The van der Waals surface area contributed by atoms with Gasteiger partial charge in [0.1, 0.15) is 33.9 Å². The smallest absolute Gasteiger partial charge is 0.352 e. The van der Waals surface area contributed by atoms with Crippen molar-refractivity contribution in [3.05, 3.63) is 372 Å². The van der Waals surface area contributed by atoms with Crippen molar-refractivity contribution in [3.63, 3.8) is 0 Å². The Morgan fingerprint density at radius 3 is 1.10 bits per heavy atom. The number of rotatable bonds is 17. The molecule has 16 rings (SSSR count). The van der Waals surface area contributed by atoms with Crippen molar-refractivity contribution in [1.82, 2.24) is 34.8 Å². The number of nitrogens with zero attached hydrogens (tertiary/aromatic N) is 8. The van der Waals surface area contributed by atoms with Crippen LogP contribution in [0.15, 0.2) is 326 Å². The Hall–Kier alpha value is -12.3. The van der Waals surface area contributed by atoms with Gasteiger partial charge < -0.3 is 15.8 Å². The summed E-state index contributed by atoms with van der Waals surface area (Å²) in [6, 6.07) is 100. The van der Waals surface area contributed by atoms with Gasteiger partial charge in [-0.3, -0.25) is 14.8 Å². The largest absolute Gasteiger partial charge is 0.465 e. The molecule has 6 heterocycles. The summed E-state index contributed by atoms with van der Waals surface area (Å²) in [7, 11) is 1.39. The van der Waals surface area contributed by atoms with Gasteiger partial charge in [0.15, 0.2) is 0 Å². The molecule has 490 valence electrons. The molecule has 10 aromatic carbocycles. The molecular formula is C87H74N10O3. The van der Waals surface area contributed by atoms with Crippen LogP contribution in [0.25, 0.3) is 44.3 Å². The van der Waals surface area contributed by atoms with E-state index in [2.05, 4.69) is 232 Å². The zero-order valence-electron chi connectivity index (χ0n) is 55.9. The summed E-state index contributed by atoms with van der Waals surface area (Å²) >= 11 is 0. The lowest BCUT2D eigenvalue weighted by molar-refractivity contribution is -0.132. The van der Waals surface area contributed by atoms with Crippen LogP contribution < -0.4 is 11.1 Å². The normalized spacial score (nSPS) is 12.9. The molecule has 0 aliphatic carbocycles. The highest BCUT2D eigenvalue weighted by molar-refractivity contribution is 6.41. The summed E-state index contributed by atoms with van der Waals surface area (Å²) < 4.78 is 9.32. The average Bonchev–Trinajstić information content (AvgIpc) is 1.49. The summed E-state index contributed by atoms with van der Waals surface area (Å²) in [6.45, 7) is 5.52. The molecule has 13 nitrogen and oxygen atoms in total. The Kier molecular flexibility index (Phi) is 19.0. The van der Waals surface area contributed by atoms with E-state index in [0.717, 1.165) is 107 Å². The molecule has 0 unspecified atom stereocenters. The number of aromatic nitrogens is 6. The third kappa shape index (κ3) is 12.6. The first-order valence-electron chi connectivity index (χ1n) is 33.7. The van der Waals surface area contributed by atoms with Crippen molar-refractivity contribution in [3.8, 4) is 22.5 Å². The summed E-state index contributed by atoms with van der Waals surface area (Å²) in [6.07, 6.45) is 8.00. The van der Waals surface area contributed by atoms with Crippen LogP contribution in [0.3, 0.4) is 0 Å². The summed E-state index contributed by atoms with van der Waals surface area (Å²) in [4.78, 5) is 43.9. The van der Waals surface area contributed by atoms with Gasteiger partial charge in [-0.25, -0.2) is 24.1 Å². The highest BCUT2D eigenvalue weighted by Gasteiger charge is 2.43. The SMILES string of the molecule is COC(=O)C1=Nc2cc3c(-c4ccncc4)nn(C(c4ccccc4)(c4ccccc4)c4ccccc4)c3cc2C1.C[C@@H](CN)c1ccccc1.C[C@@H](CNC(=O)C1=Nc2cc3c(-c4ccncc4)nn(C(c4ccccc4)(c4ccccc4)c4ccccc4)c3cc2C1)c1ccccc1. The molecule has 2 aliphatic rings. The van der Waals surface area contributed by atoms with Gasteiger partial charge in [0.05, 0.1) is 29.5 Å². The number of pyridine rings is 2. The number of aliphatic imine (C=N–C) groups is 2. The van der Waals surface area contributed by atoms with Gasteiger partial charge in [0.25, 0.3) is 5.91 Å². The van der Waals surface area contributed by atoms with E-state index in [1.807, 2.05) is 103 Å². The molecule has 0 spiro atoms. The second kappa shape index (κ2) is 29.2. The van der Waals surface area contributed by atoms with E-state index < -0.39 is 17.0 Å². The number of amides is 1. The molecule has 13 heteroatoms. The zero-order chi connectivity index (χ0) is 68.4. The second-order valence-corrected chi connectivity index (χ2v) is 25.1. The Morgan fingerprint density at radius 1 is 0.440 bits per heavy atom. The van der Waals surface area contributed by atoms with Gasteiger partial charge >= 0.3 is 5.97 Å². The number of nitrogens with two attached hydrogens (primary N) is 1. The maximum atomic E-state index is 13.5. The van der Waals surface area contributed by atoms with Gasteiger partial charge in [-0.1, -0.05) is 257 Å². The maximum absolute atomic E-state index is 13.5. The van der Waals surface area contributed by atoms with E-state index in [1.54, 1.807) is 24.8 Å². The van der Waals surface area contributed by atoms with Crippen LogP contribution in [0.5, 0.6) is 0 Å². The Labute approximate surface area is 582 Å². The van der Waals surface area contributed by atoms with Gasteiger partial charge in [-0.2, -0.15) is 10.2 Å². The zero-order valence-corrected chi connectivity index (χ0v) is 55.9. The summed E-state index contributed by atoms with van der Waals surface area (Å²) in [5.74, 6) is 0.133. The van der Waals surface area contributed by atoms with Gasteiger partial charge in [-0.05, 0) is 123 Å². The number of hydrogen-bond acceptors (Lipinski definition) is 10. The molecule has 3 N–H and O–H groups in total. The molecule has 14 aromatic rings. The number of carbonyl (C=O) groups is 2. The fraction of sp³-hybridized carbons (Fsp3) is 0.126. The Balaban J connectivity index is 0.000000151. The fourth-order valence-corrected chi connectivity index (χ4v) is 13.9. The topological polar surface area (TPSA) is 168 Å². The third-order valence-electron chi connectivity index (χ3n) is 19.0. The van der Waals surface area contributed by atoms with Crippen LogP contribution in [0.2, 0.25) is 0 Å². The quantitative estimate of drug-likeness (QED) is 0.0671. The van der Waals surface area contributed by atoms with Crippen molar-refractivity contribution in [2.75, 3.05) is 20.2 Å². The molecule has 0 fully saturated rings. The minimum Gasteiger partial charge on any atom is -0.465 e. The molecular weight excluding hydrogens is 1230 g/mol. The molecule has 0 radical (unpaired) electrons. The van der Waals surface area contributed by atoms with Gasteiger partial charge in [0, 0.05) is 66.1 Å². The summed E-state index contributed by atoms with van der Waals surface area (Å²) in [5, 5.41) is 16.0. The van der Waals surface area contributed by atoms with Crippen LogP contribution in [-0.2, 0) is 38.2 Å². The third-order valence-corrected chi connectivity index (χ3v) is 19.0. The van der Waals surface area contributed by atoms with Crippen molar-refractivity contribution in [1.29, 1.82) is 0 Å². The highest BCUT2D eigenvalue weighted by Crippen LogP contribution is 2.48. The standard InChI is InChI=1S/C43H35N5O.C35H26N4O2.C9H13N/c1-30(31-14-6-2-7-15-31)29-45-42(49)39-26-33-27-40-37(28-38(33)46-39)41(32-22-24-44-25-23-32)47-48(40)43(34-16-8-3-9-17-34,35-18-10-4-11-19-35)36-20-12-5-13-21-36;1-41-34(40)31-21-25-22-32-29(23-30(25)37-31)33(24-17-19-36-20-18-24)38-39(32)35(26-11-5-2-6-12-26,27-13-7-3-8-14-27)28-15-9-4-10-16-28;1-8(7-10)9-5-3-2-4-6-9/h2-25,27-28,30H,26,29H2,1H3,(H,45,49);2-20,22-23H,21H2,1H3;2-6,8H,7,10H2,1H3/t30-;;8-/m0.0/s1. The molecule has 1 amide bonds. The molecule has 4 aromatic heterocycles. The van der Waals surface area contributed by atoms with Crippen molar-refractivity contribution >= 4 is 56.5 Å². The van der Waals surface area contributed by atoms with Crippen LogP contribution in [0.1, 0.15) is 81.3 Å². The molecule has 0 bridgehead atoms. The average molecular weight is 1310 g/mol. The molecule has 2 atom stereocenters. The lowest BCUT2D eigenvalue weighted by Crippen LogP contribution is -2.38. The minimum atomic E-state index is -0.811. The van der Waals surface area contributed by atoms with Gasteiger partial charge in [-0.15, -0.1) is 0 Å². The molecule has 2 aliphatic heterocycles. The lowest BCUT2D eigenvalue weighted by Gasteiger charge is -2.37.